The SMILES string of the molecule is Bc1nc(C(=O)NCC(=O)O)c(O)c(B)c1-c1c(B)c(B)c(B)c(B)c1B. The molecular weight excluding hydrogens is 336 g/mol. The Balaban J connectivity index is 2.71. The lowest BCUT2D eigenvalue weighted by Gasteiger charge is -2.24. The van der Waals surface area contributed by atoms with E-state index in [1.807, 2.05) is 15.7 Å². The van der Waals surface area contributed by atoms with E-state index in [4.69, 9.17) is 5.11 Å². The smallest absolute Gasteiger partial charge is 0.322 e. The zero-order valence-corrected chi connectivity index (χ0v) is 16.9. The van der Waals surface area contributed by atoms with Gasteiger partial charge < -0.3 is 15.5 Å². The Labute approximate surface area is 164 Å². The normalized spacial score (nSPS) is 10.5. The molecule has 0 aliphatic heterocycles. The van der Waals surface area contributed by atoms with Gasteiger partial charge in [-0.25, -0.2) is 0 Å². The second-order valence-electron chi connectivity index (χ2n) is 6.97. The van der Waals surface area contributed by atoms with Crippen LogP contribution in [0.1, 0.15) is 10.5 Å². The van der Waals surface area contributed by atoms with E-state index in [2.05, 4.69) is 33.8 Å². The first-order valence-corrected chi connectivity index (χ1v) is 8.76. The average Bonchev–Trinajstić information content (AvgIpc) is 2.62. The summed E-state index contributed by atoms with van der Waals surface area (Å²) in [5.41, 5.74) is 8.68. The monoisotopic (exact) mass is 356 g/mol. The quantitative estimate of drug-likeness (QED) is 0.473. The molecule has 1 aromatic heterocycles. The number of pyridine rings is 1. The van der Waals surface area contributed by atoms with Crippen molar-refractivity contribution in [1.82, 2.24) is 10.3 Å². The number of carboxylic acids is 1. The van der Waals surface area contributed by atoms with Crippen molar-refractivity contribution >= 4 is 105 Å². The molecule has 1 amide bonds. The summed E-state index contributed by atoms with van der Waals surface area (Å²) in [6.07, 6.45) is 0. The summed E-state index contributed by atoms with van der Waals surface area (Å²) in [5.74, 6) is -2.10. The molecule has 1 aromatic carbocycles. The zero-order valence-electron chi connectivity index (χ0n) is 16.9. The number of nitrogens with one attached hydrogen (secondary N) is 1. The van der Waals surface area contributed by atoms with E-state index >= 15 is 0 Å². The van der Waals surface area contributed by atoms with Gasteiger partial charge in [-0.2, -0.15) is 0 Å². The van der Waals surface area contributed by atoms with Crippen molar-refractivity contribution in [2.75, 3.05) is 6.54 Å². The van der Waals surface area contributed by atoms with Gasteiger partial charge in [0, 0.05) is 5.59 Å². The number of nitrogens with zero attached hydrogens (tertiary/aromatic N) is 1. The highest BCUT2D eigenvalue weighted by atomic mass is 16.4. The van der Waals surface area contributed by atoms with E-state index < -0.39 is 18.4 Å². The molecule has 0 aliphatic carbocycles. The van der Waals surface area contributed by atoms with Crippen LogP contribution in [0.2, 0.25) is 0 Å². The number of hydrogen-bond acceptors (Lipinski definition) is 4. The molecule has 130 valence electrons. The Morgan fingerprint density at radius 3 is 1.78 bits per heavy atom. The van der Waals surface area contributed by atoms with E-state index in [0.717, 1.165) is 22.1 Å². The van der Waals surface area contributed by atoms with E-state index in [0.29, 0.717) is 11.1 Å². The maximum Gasteiger partial charge on any atom is 0.322 e. The van der Waals surface area contributed by atoms with Gasteiger partial charge >= 0.3 is 5.97 Å². The second kappa shape index (κ2) is 7.66. The maximum absolute atomic E-state index is 12.2. The summed E-state index contributed by atoms with van der Waals surface area (Å²) < 4.78 is 0. The van der Waals surface area contributed by atoms with Crippen LogP contribution in [0, 0.1) is 0 Å². The standard InChI is InChI=1S/C14H19B7N2O4/c15-5-3(6(16)9(19)10(20)8(5)18)4-7(17)12(26)11(23-13(4)21)14(27)22-1-2(24)25/h26H,1,15-21H2,(H,22,27)(H,24,25). The van der Waals surface area contributed by atoms with Gasteiger partial charge in [-0.1, -0.05) is 10.9 Å². The first-order chi connectivity index (χ1) is 12.5. The van der Waals surface area contributed by atoms with Crippen LogP contribution in [0.5, 0.6) is 5.75 Å². The Hall–Kier alpha value is -2.44. The van der Waals surface area contributed by atoms with Crippen molar-refractivity contribution < 1.29 is 19.8 Å². The molecule has 0 aliphatic rings. The van der Waals surface area contributed by atoms with Crippen LogP contribution in [-0.2, 0) is 4.79 Å². The number of aliphatic carboxylic acids is 1. The van der Waals surface area contributed by atoms with Crippen molar-refractivity contribution in [3.05, 3.63) is 5.69 Å². The van der Waals surface area contributed by atoms with Gasteiger partial charge in [0.1, 0.15) is 59.4 Å². The van der Waals surface area contributed by atoms with Gasteiger partial charge in [-0.15, -0.1) is 16.4 Å². The fourth-order valence-corrected chi connectivity index (χ4v) is 3.49. The summed E-state index contributed by atoms with van der Waals surface area (Å²) in [7, 11) is 13.9. The number of aromatic nitrogens is 1. The van der Waals surface area contributed by atoms with Crippen LogP contribution in [0.3, 0.4) is 0 Å². The molecular formula is C14H19B7N2O4. The molecule has 0 bridgehead atoms. The molecule has 1 heterocycles. The number of hydrogen-bond donors (Lipinski definition) is 3. The number of carbonyl (C=O) groups excluding carboxylic acids is 1. The van der Waals surface area contributed by atoms with Gasteiger partial charge in [-0.05, 0) is 16.6 Å². The molecule has 13 heteroatoms. The molecule has 2 aromatic rings. The van der Waals surface area contributed by atoms with E-state index in [1.165, 1.54) is 16.4 Å². The Kier molecular flexibility index (Phi) is 5.92. The summed E-state index contributed by atoms with van der Waals surface area (Å²) in [6.45, 7) is -0.533. The van der Waals surface area contributed by atoms with Crippen molar-refractivity contribution in [3.8, 4) is 16.9 Å². The number of carbonyl (C=O) groups is 2. The summed E-state index contributed by atoms with van der Waals surface area (Å²) in [6, 6.07) is 0. The third-order valence-electron chi connectivity index (χ3n) is 5.46. The second-order valence-corrected chi connectivity index (χ2v) is 6.97. The average molecular weight is 355 g/mol. The molecule has 0 saturated carbocycles. The molecule has 0 unspecified atom stereocenters. The van der Waals surface area contributed by atoms with Gasteiger partial charge in [0.05, 0.1) is 0 Å². The summed E-state index contributed by atoms with van der Waals surface area (Å²) in [4.78, 5) is 27.2. The first kappa shape index (κ1) is 20.9. The molecule has 0 atom stereocenters. The van der Waals surface area contributed by atoms with E-state index in [1.54, 1.807) is 15.7 Å². The number of aromatic hydroxyl groups is 1. The van der Waals surface area contributed by atoms with Gasteiger partial charge in [0.2, 0.25) is 0 Å². The van der Waals surface area contributed by atoms with Crippen molar-refractivity contribution in [1.29, 1.82) is 0 Å². The lowest BCUT2D eigenvalue weighted by atomic mass is 9.58. The Morgan fingerprint density at radius 1 is 0.815 bits per heavy atom. The molecule has 2 rings (SSSR count). The highest BCUT2D eigenvalue weighted by Gasteiger charge is 2.23. The topological polar surface area (TPSA) is 99.5 Å². The van der Waals surface area contributed by atoms with Gasteiger partial charge in [0.15, 0.2) is 13.5 Å². The molecule has 3 N–H and O–H groups in total. The molecule has 27 heavy (non-hydrogen) atoms. The molecule has 6 nitrogen and oxygen atoms in total. The van der Waals surface area contributed by atoms with Crippen LogP contribution in [0.15, 0.2) is 0 Å². The highest BCUT2D eigenvalue weighted by molar-refractivity contribution is 6.69. The van der Waals surface area contributed by atoms with E-state index in [9.17, 15) is 14.7 Å². The Morgan fingerprint density at radius 2 is 1.30 bits per heavy atom. The van der Waals surface area contributed by atoms with Gasteiger partial charge in [0.25, 0.3) is 5.91 Å². The predicted molar refractivity (Wildman–Crippen MR) is 129 cm³/mol. The largest absolute Gasteiger partial charge is 0.506 e. The molecule has 0 saturated heterocycles. The fraction of sp³-hybridized carbons (Fsp3) is 0.0714. The summed E-state index contributed by atoms with van der Waals surface area (Å²) >= 11 is 0. The van der Waals surface area contributed by atoms with Crippen LogP contribution >= 0.6 is 0 Å². The number of amides is 1. The minimum Gasteiger partial charge on any atom is -0.506 e. The minimum atomic E-state index is -1.16. The fourth-order valence-electron chi connectivity index (χ4n) is 3.49. The summed E-state index contributed by atoms with van der Waals surface area (Å²) in [5, 5.41) is 21.6. The first-order valence-electron chi connectivity index (χ1n) is 8.76. The zero-order chi connectivity index (χ0) is 20.6. The van der Waals surface area contributed by atoms with Crippen molar-refractivity contribution in [2.24, 2.45) is 0 Å². The van der Waals surface area contributed by atoms with Crippen LogP contribution in [0.4, 0.5) is 0 Å². The third kappa shape index (κ3) is 3.68. The maximum atomic E-state index is 12.2. The highest BCUT2D eigenvalue weighted by Crippen LogP contribution is 2.16. The van der Waals surface area contributed by atoms with Crippen molar-refractivity contribution in [2.45, 2.75) is 0 Å². The minimum absolute atomic E-state index is 0.161. The lowest BCUT2D eigenvalue weighted by Crippen LogP contribution is -2.56. The van der Waals surface area contributed by atoms with Gasteiger partial charge in [-0.3, -0.25) is 14.6 Å². The third-order valence-corrected chi connectivity index (χ3v) is 5.46. The van der Waals surface area contributed by atoms with Crippen LogP contribution in [-0.4, -0.2) is 88.5 Å². The van der Waals surface area contributed by atoms with Crippen LogP contribution < -0.4 is 43.7 Å². The van der Waals surface area contributed by atoms with E-state index in [-0.39, 0.29) is 11.4 Å². The van der Waals surface area contributed by atoms with Crippen molar-refractivity contribution in [3.63, 3.8) is 0 Å². The predicted octanol–water partition coefficient (Wildman–Crippen LogP) is -10.9. The Bertz CT molecular complexity index is 952. The number of rotatable bonds is 4. The molecule has 0 radical (unpaired) electrons. The number of carboxylic acid groups (broad SMARTS) is 1. The lowest BCUT2D eigenvalue weighted by molar-refractivity contribution is -0.135. The molecule has 0 fully saturated rings. The number of benzene rings is 1. The van der Waals surface area contributed by atoms with Crippen LogP contribution in [0.25, 0.3) is 11.1 Å². The molecule has 0 spiro atoms.